The van der Waals surface area contributed by atoms with Crippen LogP contribution in [-0.4, -0.2) is 105 Å². The van der Waals surface area contributed by atoms with E-state index >= 15 is 0 Å². The number of aliphatic hydroxyl groups is 1. The number of nitrogens with one attached hydrogen (secondary N) is 1. The van der Waals surface area contributed by atoms with Gasteiger partial charge in [-0.25, -0.2) is 13.4 Å². The zero-order chi connectivity index (χ0) is 27.8. The number of benzene rings is 1. The molecule has 11 nitrogen and oxygen atoms in total. The van der Waals surface area contributed by atoms with Gasteiger partial charge in [-0.15, -0.1) is 11.3 Å². The predicted octanol–water partition coefficient (Wildman–Crippen LogP) is 1.97. The van der Waals surface area contributed by atoms with Crippen molar-refractivity contribution in [2.75, 3.05) is 58.0 Å². The number of sulfone groups is 1. The molecule has 2 fully saturated rings. The van der Waals surface area contributed by atoms with Gasteiger partial charge in [0.1, 0.15) is 6.10 Å². The highest BCUT2D eigenvalue weighted by Crippen LogP contribution is 2.24. The molecule has 1 amide bonds. The topological polar surface area (TPSA) is 134 Å². The lowest BCUT2D eigenvalue weighted by Crippen LogP contribution is -2.43. The normalized spacial score (nSPS) is 21.3. The van der Waals surface area contributed by atoms with E-state index in [0.717, 1.165) is 37.6 Å². The molecule has 2 aromatic rings. The zero-order valence-electron chi connectivity index (χ0n) is 22.4. The molecule has 1 aliphatic carbocycles. The summed E-state index contributed by atoms with van der Waals surface area (Å²) in [5, 5.41) is 17.2. The second-order valence-corrected chi connectivity index (χ2v) is 13.2. The monoisotopic (exact) mass is 579 g/mol. The number of aromatic nitrogens is 1. The zero-order valence-corrected chi connectivity index (χ0v) is 24.0. The number of amides is 1. The lowest BCUT2D eigenvalue weighted by Gasteiger charge is -2.31. The van der Waals surface area contributed by atoms with Crippen molar-refractivity contribution in [1.82, 2.24) is 14.8 Å². The molecule has 4 rings (SSSR count). The maximum absolute atomic E-state index is 13.3. The minimum Gasteiger partial charge on any atom is -0.393 e. The van der Waals surface area contributed by atoms with Gasteiger partial charge in [-0.3, -0.25) is 15.0 Å². The van der Waals surface area contributed by atoms with E-state index in [0.29, 0.717) is 43.0 Å². The number of rotatable bonds is 12. The molecule has 2 atom stereocenters. The highest BCUT2D eigenvalue weighted by atomic mass is 32.2. The summed E-state index contributed by atoms with van der Waals surface area (Å²) in [7, 11) is 0.163. The third-order valence-corrected chi connectivity index (χ3v) is 9.58. The largest absolute Gasteiger partial charge is 0.393 e. The number of hydrogen-bond acceptors (Lipinski definition) is 11. The maximum atomic E-state index is 13.3. The summed E-state index contributed by atoms with van der Waals surface area (Å²) >= 11 is 1.41. The van der Waals surface area contributed by atoms with Gasteiger partial charge < -0.3 is 19.6 Å². The van der Waals surface area contributed by atoms with Crippen molar-refractivity contribution in [3.63, 3.8) is 0 Å². The Kier molecular flexibility index (Phi) is 10.4. The number of aliphatic hydroxyl groups excluding tert-OH is 1. The van der Waals surface area contributed by atoms with Crippen LogP contribution in [0.1, 0.15) is 36.1 Å². The Morgan fingerprint density at radius 3 is 2.62 bits per heavy atom. The molecule has 13 heteroatoms. The summed E-state index contributed by atoms with van der Waals surface area (Å²) in [6.07, 6.45) is 3.13. The summed E-state index contributed by atoms with van der Waals surface area (Å²) in [6.45, 7) is 5.14. The van der Waals surface area contributed by atoms with E-state index in [1.807, 2.05) is 0 Å². The molecular formula is C26H37N5O6S2. The van der Waals surface area contributed by atoms with Crippen LogP contribution in [0.5, 0.6) is 0 Å². The van der Waals surface area contributed by atoms with E-state index in [9.17, 15) is 18.3 Å². The number of piperazine rings is 1. The van der Waals surface area contributed by atoms with E-state index in [4.69, 9.17) is 9.57 Å². The van der Waals surface area contributed by atoms with Crippen LogP contribution in [-0.2, 0) is 30.8 Å². The number of likely N-dealkylation sites (N-methyl/N-ethyl adjacent to an activating group) is 1. The van der Waals surface area contributed by atoms with Crippen LogP contribution in [0.25, 0.3) is 0 Å². The Labute approximate surface area is 233 Å². The van der Waals surface area contributed by atoms with E-state index < -0.39 is 21.8 Å². The number of thiazole rings is 1. The lowest BCUT2D eigenvalue weighted by molar-refractivity contribution is -0.110. The van der Waals surface area contributed by atoms with Gasteiger partial charge in [0.05, 0.1) is 16.8 Å². The minimum absolute atomic E-state index is 0.00976. The fourth-order valence-corrected chi connectivity index (χ4v) is 6.65. The average molecular weight is 580 g/mol. The van der Waals surface area contributed by atoms with Crippen molar-refractivity contribution < 1.29 is 27.9 Å². The van der Waals surface area contributed by atoms with E-state index in [1.165, 1.54) is 30.6 Å². The SMILES string of the molecule is COCCCS(=O)(=O)c1ccc(C(=NO[C@@H]2CC[C@@H](O)C2)C(=O)Nc2ncc(CN3CCN(C)CC3)s2)cc1. The Hall–Kier alpha value is -2.42. The molecule has 2 heterocycles. The van der Waals surface area contributed by atoms with Crippen molar-refractivity contribution in [1.29, 1.82) is 0 Å². The van der Waals surface area contributed by atoms with Gasteiger partial charge >= 0.3 is 0 Å². The molecule has 2 N–H and O–H groups in total. The summed E-state index contributed by atoms with van der Waals surface area (Å²) in [4.78, 5) is 29.2. The quantitative estimate of drug-likeness (QED) is 0.220. The number of carbonyl (C=O) groups excluding carboxylic acids is 1. The van der Waals surface area contributed by atoms with Gasteiger partial charge in [0, 0.05) is 69.5 Å². The van der Waals surface area contributed by atoms with Crippen LogP contribution in [0.3, 0.4) is 0 Å². The molecule has 1 aromatic carbocycles. The summed E-state index contributed by atoms with van der Waals surface area (Å²) in [5.41, 5.74) is 0.423. The van der Waals surface area contributed by atoms with Crippen LogP contribution in [0.2, 0.25) is 0 Å². The number of nitrogens with zero attached hydrogens (tertiary/aromatic N) is 4. The predicted molar refractivity (Wildman–Crippen MR) is 150 cm³/mol. The van der Waals surface area contributed by atoms with Crippen LogP contribution < -0.4 is 5.32 Å². The number of oxime groups is 1. The molecule has 0 bridgehead atoms. The Morgan fingerprint density at radius 2 is 1.95 bits per heavy atom. The molecule has 0 spiro atoms. The minimum atomic E-state index is -3.48. The lowest BCUT2D eigenvalue weighted by atomic mass is 10.1. The summed E-state index contributed by atoms with van der Waals surface area (Å²) in [5.74, 6) is -0.542. The molecule has 0 unspecified atom stereocenters. The molecule has 39 heavy (non-hydrogen) atoms. The van der Waals surface area contributed by atoms with Gasteiger partial charge in [-0.05, 0) is 38.4 Å². The Bertz CT molecular complexity index is 1230. The van der Waals surface area contributed by atoms with Gasteiger partial charge in [0.15, 0.2) is 20.7 Å². The fourth-order valence-electron chi connectivity index (χ4n) is 4.52. The van der Waals surface area contributed by atoms with E-state index in [-0.39, 0.29) is 22.5 Å². The number of methoxy groups -OCH3 is 1. The molecular weight excluding hydrogens is 542 g/mol. The highest BCUT2D eigenvalue weighted by molar-refractivity contribution is 7.91. The first-order chi connectivity index (χ1) is 18.7. The van der Waals surface area contributed by atoms with Crippen molar-refractivity contribution in [2.24, 2.45) is 5.16 Å². The first-order valence-electron chi connectivity index (χ1n) is 13.1. The van der Waals surface area contributed by atoms with Crippen LogP contribution >= 0.6 is 11.3 Å². The van der Waals surface area contributed by atoms with Crippen molar-refractivity contribution in [2.45, 2.75) is 49.3 Å². The summed E-state index contributed by atoms with van der Waals surface area (Å²) in [6, 6.07) is 6.04. The number of ether oxygens (including phenoxy) is 1. The molecule has 1 saturated heterocycles. The Balaban J connectivity index is 1.47. The average Bonchev–Trinajstić information content (AvgIpc) is 3.54. The van der Waals surface area contributed by atoms with Crippen LogP contribution in [0.4, 0.5) is 5.13 Å². The van der Waals surface area contributed by atoms with Crippen molar-refractivity contribution in [3.05, 3.63) is 40.9 Å². The molecule has 1 aromatic heterocycles. The van der Waals surface area contributed by atoms with Crippen molar-refractivity contribution >= 4 is 37.9 Å². The maximum Gasteiger partial charge on any atom is 0.280 e. The molecule has 1 aliphatic heterocycles. The van der Waals surface area contributed by atoms with Crippen LogP contribution in [0.15, 0.2) is 40.5 Å². The van der Waals surface area contributed by atoms with Crippen LogP contribution in [0, 0.1) is 0 Å². The smallest absolute Gasteiger partial charge is 0.280 e. The second-order valence-electron chi connectivity index (χ2n) is 9.99. The third kappa shape index (κ3) is 8.53. The standard InChI is InChI=1S/C26H37N5O6S2/c1-30-10-12-31(13-11-30)18-22-17-27-26(38-22)28-25(33)24(29-37-21-7-6-20(32)16-21)19-4-8-23(9-5-19)39(34,35)15-3-14-36-2/h4-5,8-9,17,20-21,32H,3,6-7,10-16,18H2,1-2H3,(H,27,28,33)/t20-,21-/m1/s1. The van der Waals surface area contributed by atoms with E-state index in [1.54, 1.807) is 18.3 Å². The van der Waals surface area contributed by atoms with Gasteiger partial charge in [0.25, 0.3) is 5.91 Å². The molecule has 1 saturated carbocycles. The third-order valence-electron chi connectivity index (χ3n) is 6.86. The molecule has 2 aliphatic rings. The van der Waals surface area contributed by atoms with E-state index in [2.05, 4.69) is 32.3 Å². The fraction of sp³-hybridized carbons (Fsp3) is 0.577. The number of anilines is 1. The first-order valence-corrected chi connectivity index (χ1v) is 15.6. The molecule has 0 radical (unpaired) electrons. The number of carbonyl (C=O) groups is 1. The first kappa shape index (κ1) is 29.6. The van der Waals surface area contributed by atoms with Gasteiger partial charge in [0.2, 0.25) is 0 Å². The summed E-state index contributed by atoms with van der Waals surface area (Å²) < 4.78 is 30.2. The van der Waals surface area contributed by atoms with Crippen molar-refractivity contribution in [3.8, 4) is 0 Å². The Morgan fingerprint density at radius 1 is 1.21 bits per heavy atom. The second kappa shape index (κ2) is 13.8. The highest BCUT2D eigenvalue weighted by Gasteiger charge is 2.26. The van der Waals surface area contributed by atoms with Gasteiger partial charge in [-0.1, -0.05) is 17.3 Å². The van der Waals surface area contributed by atoms with Gasteiger partial charge in [-0.2, -0.15) is 0 Å². The number of hydrogen-bond donors (Lipinski definition) is 2. The molecule has 214 valence electrons.